The van der Waals surface area contributed by atoms with Gasteiger partial charge in [0.05, 0.1) is 17.0 Å². The third-order valence-corrected chi connectivity index (χ3v) is 9.49. The highest BCUT2D eigenvalue weighted by molar-refractivity contribution is 7.89. The number of fused-ring (bicyclic) bond motifs is 2. The number of ether oxygens (including phenoxy) is 1. The molecule has 3 aliphatic rings. The average molecular weight is 499 g/mol. The number of anilines is 1. The van der Waals surface area contributed by atoms with E-state index in [0.717, 1.165) is 43.2 Å². The second-order valence-electron chi connectivity index (χ2n) is 9.43. The molecule has 0 saturated carbocycles. The van der Waals surface area contributed by atoms with Gasteiger partial charge in [-0.05, 0) is 60.0 Å². The number of piperidine rings is 1. The molecule has 1 atom stereocenters. The molecule has 0 radical (unpaired) electrons. The second kappa shape index (κ2) is 8.46. The van der Waals surface area contributed by atoms with Crippen molar-refractivity contribution >= 4 is 38.1 Å². The molecule has 178 valence electrons. The van der Waals surface area contributed by atoms with E-state index < -0.39 is 10.0 Å². The van der Waals surface area contributed by atoms with Gasteiger partial charge in [-0.25, -0.2) is 8.42 Å². The zero-order valence-electron chi connectivity index (χ0n) is 18.8. The van der Waals surface area contributed by atoms with Gasteiger partial charge in [0.25, 0.3) is 0 Å². The van der Waals surface area contributed by atoms with E-state index in [1.807, 2.05) is 42.7 Å². The highest BCUT2D eigenvalue weighted by atomic mass is 35.5. The molecule has 6 rings (SSSR count). The van der Waals surface area contributed by atoms with E-state index in [1.165, 1.54) is 5.69 Å². The predicted octanol–water partition coefficient (Wildman–Crippen LogP) is 3.59. The predicted molar refractivity (Wildman–Crippen MR) is 133 cm³/mol. The number of pyridine rings is 1. The number of hydrogen-bond acceptors (Lipinski definition) is 6. The first-order valence-corrected chi connectivity index (χ1v) is 13.5. The van der Waals surface area contributed by atoms with Crippen LogP contribution in [0.1, 0.15) is 12.8 Å². The number of piperazine rings is 1. The molecule has 1 unspecified atom stereocenters. The van der Waals surface area contributed by atoms with E-state index in [2.05, 4.69) is 14.8 Å². The number of benzene rings is 2. The molecule has 0 bridgehead atoms. The Morgan fingerprint density at radius 3 is 2.47 bits per heavy atom. The molecule has 7 nitrogen and oxygen atoms in total. The molecule has 9 heteroatoms. The van der Waals surface area contributed by atoms with Crippen molar-refractivity contribution in [1.82, 2.24) is 14.2 Å². The fourth-order valence-electron chi connectivity index (χ4n) is 5.48. The lowest BCUT2D eigenvalue weighted by atomic mass is 9.91. The lowest BCUT2D eigenvalue weighted by molar-refractivity contribution is -0.0821. The van der Waals surface area contributed by atoms with Gasteiger partial charge in [-0.15, -0.1) is 0 Å². The molecule has 3 aromatic rings. The van der Waals surface area contributed by atoms with E-state index >= 15 is 0 Å². The summed E-state index contributed by atoms with van der Waals surface area (Å²) in [7, 11) is -3.61. The van der Waals surface area contributed by atoms with Gasteiger partial charge in [0.15, 0.2) is 0 Å². The first-order valence-electron chi connectivity index (χ1n) is 11.7. The summed E-state index contributed by atoms with van der Waals surface area (Å²) in [6, 6.07) is 14.8. The lowest BCUT2D eigenvalue weighted by Gasteiger charge is -2.39. The minimum Gasteiger partial charge on any atom is -0.371 e. The third kappa shape index (κ3) is 3.97. The quantitative estimate of drug-likeness (QED) is 0.550. The summed E-state index contributed by atoms with van der Waals surface area (Å²) in [5, 5.41) is 2.43. The summed E-state index contributed by atoms with van der Waals surface area (Å²) in [4.78, 5) is 9.11. The van der Waals surface area contributed by atoms with E-state index in [-0.39, 0.29) is 11.8 Å². The van der Waals surface area contributed by atoms with Crippen LogP contribution < -0.4 is 4.90 Å². The van der Waals surface area contributed by atoms with Crippen molar-refractivity contribution in [2.45, 2.75) is 29.6 Å². The molecule has 1 aromatic heterocycles. The van der Waals surface area contributed by atoms with Crippen molar-refractivity contribution in [3.63, 3.8) is 0 Å². The Kier molecular flexibility index (Phi) is 5.54. The number of hydrogen-bond donors (Lipinski definition) is 0. The molecular formula is C25H27ClN4O3S. The van der Waals surface area contributed by atoms with Crippen LogP contribution in [0.4, 0.5) is 5.69 Å². The highest BCUT2D eigenvalue weighted by Gasteiger charge is 2.49. The zero-order chi connectivity index (χ0) is 23.3. The van der Waals surface area contributed by atoms with Gasteiger partial charge >= 0.3 is 0 Å². The maximum Gasteiger partial charge on any atom is 0.243 e. The summed E-state index contributed by atoms with van der Waals surface area (Å²) < 4.78 is 35.1. The first kappa shape index (κ1) is 22.2. The summed E-state index contributed by atoms with van der Waals surface area (Å²) in [6.45, 7) is 4.23. The summed E-state index contributed by atoms with van der Waals surface area (Å²) in [6.07, 6.45) is 5.32. The second-order valence-corrected chi connectivity index (χ2v) is 11.8. The van der Waals surface area contributed by atoms with Crippen LogP contribution in [0.15, 0.2) is 65.8 Å². The van der Waals surface area contributed by atoms with Crippen molar-refractivity contribution < 1.29 is 13.2 Å². The van der Waals surface area contributed by atoms with Crippen LogP contribution in [0.2, 0.25) is 5.02 Å². The first-order chi connectivity index (χ1) is 16.4. The molecule has 34 heavy (non-hydrogen) atoms. The highest BCUT2D eigenvalue weighted by Crippen LogP contribution is 2.38. The van der Waals surface area contributed by atoms with E-state index in [9.17, 15) is 8.42 Å². The Labute approximate surface area is 204 Å². The summed E-state index contributed by atoms with van der Waals surface area (Å²) >= 11 is 6.07. The van der Waals surface area contributed by atoms with Crippen LogP contribution in [0, 0.1) is 0 Å². The minimum atomic E-state index is -3.61. The zero-order valence-corrected chi connectivity index (χ0v) is 20.4. The van der Waals surface area contributed by atoms with Gasteiger partial charge in [0.1, 0.15) is 6.23 Å². The summed E-state index contributed by atoms with van der Waals surface area (Å²) in [5.74, 6) is 0. The van der Waals surface area contributed by atoms with Gasteiger partial charge < -0.3 is 9.64 Å². The number of nitrogens with zero attached hydrogens (tertiary/aromatic N) is 4. The lowest BCUT2D eigenvalue weighted by Crippen LogP contribution is -2.52. The van der Waals surface area contributed by atoms with Crippen molar-refractivity contribution in [3.05, 3.63) is 65.9 Å². The van der Waals surface area contributed by atoms with Crippen LogP contribution >= 0.6 is 11.6 Å². The smallest absolute Gasteiger partial charge is 0.243 e. The van der Waals surface area contributed by atoms with Crippen molar-refractivity contribution in [2.24, 2.45) is 0 Å². The Hall–Kier alpha value is -2.23. The standard InChI is InChI=1S/C25H27ClN4O3S/c26-21-3-1-20-16-23(4-2-19(20)15-21)34(31,32)30-14-13-29-18-25(33-24(29)17-30)7-11-28(12-8-25)22-5-9-27-10-6-22/h1-6,9-10,15-16,24H,7-8,11-14,17-18H2. The molecule has 0 amide bonds. The van der Waals surface area contributed by atoms with Crippen LogP contribution in [0.25, 0.3) is 10.8 Å². The topological polar surface area (TPSA) is 66.0 Å². The van der Waals surface area contributed by atoms with Crippen LogP contribution in [-0.4, -0.2) is 73.7 Å². The number of aromatic nitrogens is 1. The van der Waals surface area contributed by atoms with Crippen molar-refractivity contribution in [2.75, 3.05) is 44.2 Å². The van der Waals surface area contributed by atoms with E-state index in [0.29, 0.717) is 29.6 Å². The molecule has 1 spiro atoms. The molecule has 0 aliphatic carbocycles. The Balaban J connectivity index is 1.15. The molecule has 3 saturated heterocycles. The fourth-order valence-corrected chi connectivity index (χ4v) is 7.12. The van der Waals surface area contributed by atoms with Crippen molar-refractivity contribution in [1.29, 1.82) is 0 Å². The Morgan fingerprint density at radius 2 is 1.68 bits per heavy atom. The SMILES string of the molecule is O=S(=O)(c1ccc2cc(Cl)ccc2c1)N1CCN2CC3(CCN(c4ccncc4)CC3)OC2C1. The monoisotopic (exact) mass is 498 g/mol. The molecule has 4 heterocycles. The molecule has 3 fully saturated rings. The van der Waals surface area contributed by atoms with E-state index in [4.69, 9.17) is 16.3 Å². The number of sulfonamides is 1. The van der Waals surface area contributed by atoms with Gasteiger partial charge in [0, 0.05) is 55.8 Å². The van der Waals surface area contributed by atoms with Crippen molar-refractivity contribution in [3.8, 4) is 0 Å². The average Bonchev–Trinajstić information content (AvgIpc) is 3.21. The van der Waals surface area contributed by atoms with Gasteiger partial charge in [-0.3, -0.25) is 9.88 Å². The van der Waals surface area contributed by atoms with Gasteiger partial charge in [0.2, 0.25) is 10.0 Å². The summed E-state index contributed by atoms with van der Waals surface area (Å²) in [5.41, 5.74) is 0.992. The maximum absolute atomic E-state index is 13.5. The minimum absolute atomic E-state index is 0.198. The molecule has 3 aliphatic heterocycles. The van der Waals surface area contributed by atoms with Crippen LogP contribution in [-0.2, 0) is 14.8 Å². The number of halogens is 1. The third-order valence-electron chi connectivity index (χ3n) is 7.40. The normalized spacial score (nSPS) is 23.4. The Bertz CT molecular complexity index is 1310. The largest absolute Gasteiger partial charge is 0.371 e. The maximum atomic E-state index is 13.5. The van der Waals surface area contributed by atoms with Gasteiger partial charge in [-0.1, -0.05) is 23.7 Å². The molecular weight excluding hydrogens is 472 g/mol. The van der Waals surface area contributed by atoms with Crippen LogP contribution in [0.3, 0.4) is 0 Å². The Morgan fingerprint density at radius 1 is 0.941 bits per heavy atom. The molecule has 0 N–H and O–H groups in total. The number of rotatable bonds is 3. The molecule has 2 aromatic carbocycles. The van der Waals surface area contributed by atoms with Gasteiger partial charge in [-0.2, -0.15) is 4.31 Å². The van der Waals surface area contributed by atoms with E-state index in [1.54, 1.807) is 22.5 Å². The van der Waals surface area contributed by atoms with Crippen LogP contribution in [0.5, 0.6) is 0 Å². The fraction of sp³-hybridized carbons (Fsp3) is 0.400.